The number of piperazine rings is 1. The number of fused-ring (bicyclic) bond motifs is 1. The van der Waals surface area contributed by atoms with Gasteiger partial charge in [0.25, 0.3) is 5.56 Å². The minimum atomic E-state index is -0.522. The van der Waals surface area contributed by atoms with E-state index < -0.39 is 17.1 Å². The lowest BCUT2D eigenvalue weighted by Crippen LogP contribution is -2.51. The number of anilines is 1. The van der Waals surface area contributed by atoms with Crippen LogP contribution in [0.1, 0.15) is 18.4 Å². The third kappa shape index (κ3) is 4.54. The highest BCUT2D eigenvalue weighted by Crippen LogP contribution is 2.29. The Morgan fingerprint density at radius 2 is 1.81 bits per heavy atom. The van der Waals surface area contributed by atoms with E-state index in [-0.39, 0.29) is 40.1 Å². The lowest BCUT2D eigenvalue weighted by Gasteiger charge is -2.38. The summed E-state index contributed by atoms with van der Waals surface area (Å²) in [4.78, 5) is 50.1. The summed E-state index contributed by atoms with van der Waals surface area (Å²) in [7, 11) is 5.01. The van der Waals surface area contributed by atoms with Crippen molar-refractivity contribution in [3.05, 3.63) is 55.4 Å². The molecule has 10 nitrogen and oxygen atoms in total. The number of nitrogens with zero attached hydrogens (tertiary/aromatic N) is 7. The summed E-state index contributed by atoms with van der Waals surface area (Å²) < 4.78 is 18.8. The Balaban J connectivity index is 1.57. The van der Waals surface area contributed by atoms with Crippen molar-refractivity contribution in [3.63, 3.8) is 0 Å². The van der Waals surface area contributed by atoms with Gasteiger partial charge in [-0.3, -0.25) is 23.3 Å². The number of rotatable bonds is 4. The van der Waals surface area contributed by atoms with E-state index in [0.717, 1.165) is 30.5 Å². The highest BCUT2D eigenvalue weighted by Gasteiger charge is 2.33. The maximum Gasteiger partial charge on any atom is 0.332 e. The maximum absolute atomic E-state index is 14.8. The molecule has 1 amide bonds. The van der Waals surface area contributed by atoms with Crippen LogP contribution in [0.15, 0.2) is 27.8 Å². The predicted octanol–water partition coefficient (Wildman–Crippen LogP) is 1.26. The molecule has 3 aromatic rings. The monoisotopic (exact) mass is 531 g/mol. The van der Waals surface area contributed by atoms with Crippen LogP contribution in [-0.4, -0.2) is 80.7 Å². The van der Waals surface area contributed by atoms with Gasteiger partial charge in [-0.25, -0.2) is 9.18 Å². The Morgan fingerprint density at radius 1 is 1.08 bits per heavy atom. The molecule has 0 spiro atoms. The van der Waals surface area contributed by atoms with Gasteiger partial charge in [-0.05, 0) is 32.0 Å². The Bertz CT molecular complexity index is 1450. The predicted molar refractivity (Wildman–Crippen MR) is 140 cm³/mol. The van der Waals surface area contributed by atoms with E-state index in [1.165, 1.54) is 23.7 Å². The van der Waals surface area contributed by atoms with Crippen molar-refractivity contribution >= 4 is 34.6 Å². The van der Waals surface area contributed by atoms with Crippen LogP contribution in [0.5, 0.6) is 0 Å². The van der Waals surface area contributed by atoms with E-state index in [2.05, 4.69) is 4.90 Å². The van der Waals surface area contributed by atoms with Crippen molar-refractivity contribution in [3.8, 4) is 0 Å². The Kier molecular flexibility index (Phi) is 6.84. The topological polar surface area (TPSA) is 88.6 Å². The molecular formula is C25H31ClFN7O3. The fourth-order valence-electron chi connectivity index (χ4n) is 5.31. The minimum absolute atomic E-state index is 0.0433. The van der Waals surface area contributed by atoms with E-state index in [9.17, 15) is 18.8 Å². The fourth-order valence-corrected chi connectivity index (χ4v) is 5.54. The average Bonchev–Trinajstić information content (AvgIpc) is 3.28. The molecule has 2 saturated heterocycles. The molecule has 1 atom stereocenters. The number of amides is 1. The highest BCUT2D eigenvalue weighted by molar-refractivity contribution is 6.31. The fraction of sp³-hybridized carbons (Fsp3) is 0.520. The number of piperidine rings is 1. The van der Waals surface area contributed by atoms with Crippen LogP contribution in [0, 0.1) is 11.7 Å². The van der Waals surface area contributed by atoms with Crippen LogP contribution in [-0.2, 0) is 25.4 Å². The lowest BCUT2D eigenvalue weighted by molar-refractivity contribution is -0.137. The van der Waals surface area contributed by atoms with Crippen LogP contribution in [0.4, 0.5) is 10.3 Å². The molecule has 12 heteroatoms. The summed E-state index contributed by atoms with van der Waals surface area (Å²) in [5.74, 6) is -0.165. The summed E-state index contributed by atoms with van der Waals surface area (Å²) in [6.45, 7) is 4.10. The van der Waals surface area contributed by atoms with E-state index in [4.69, 9.17) is 16.6 Å². The van der Waals surface area contributed by atoms with Gasteiger partial charge in [0.05, 0.1) is 12.5 Å². The molecule has 0 aliphatic carbocycles. The molecule has 4 heterocycles. The smallest absolute Gasteiger partial charge is 0.332 e. The summed E-state index contributed by atoms with van der Waals surface area (Å²) in [5.41, 5.74) is -0.400. The summed E-state index contributed by atoms with van der Waals surface area (Å²) >= 11 is 6.34. The van der Waals surface area contributed by atoms with Gasteiger partial charge in [0.15, 0.2) is 11.2 Å². The van der Waals surface area contributed by atoms with Crippen LogP contribution in [0.25, 0.3) is 11.2 Å². The number of hydrogen-bond donors (Lipinski definition) is 0. The molecule has 2 fully saturated rings. The zero-order valence-electron chi connectivity index (χ0n) is 21.3. The third-order valence-corrected chi connectivity index (χ3v) is 7.93. The van der Waals surface area contributed by atoms with Gasteiger partial charge in [-0.2, -0.15) is 4.98 Å². The maximum atomic E-state index is 14.8. The second-order valence-corrected chi connectivity index (χ2v) is 10.4. The Morgan fingerprint density at radius 3 is 2.51 bits per heavy atom. The number of benzene rings is 1. The lowest BCUT2D eigenvalue weighted by atomic mass is 9.96. The molecule has 37 heavy (non-hydrogen) atoms. The van der Waals surface area contributed by atoms with Crippen molar-refractivity contribution in [2.45, 2.75) is 19.4 Å². The number of aromatic nitrogens is 4. The van der Waals surface area contributed by atoms with E-state index >= 15 is 0 Å². The number of imidazole rings is 1. The number of hydrogen-bond acceptors (Lipinski definition) is 6. The second kappa shape index (κ2) is 9.94. The van der Waals surface area contributed by atoms with Crippen LogP contribution in [0.2, 0.25) is 5.02 Å². The zero-order valence-corrected chi connectivity index (χ0v) is 22.0. The molecule has 2 aliphatic heterocycles. The van der Waals surface area contributed by atoms with Gasteiger partial charge < -0.3 is 14.7 Å². The van der Waals surface area contributed by atoms with E-state index in [1.807, 2.05) is 16.8 Å². The van der Waals surface area contributed by atoms with Crippen molar-refractivity contribution in [1.29, 1.82) is 0 Å². The van der Waals surface area contributed by atoms with Crippen LogP contribution >= 0.6 is 11.6 Å². The van der Waals surface area contributed by atoms with Crippen molar-refractivity contribution in [2.75, 3.05) is 51.2 Å². The molecule has 198 valence electrons. The van der Waals surface area contributed by atoms with Gasteiger partial charge in [0.1, 0.15) is 5.82 Å². The first kappa shape index (κ1) is 25.5. The number of carbonyl (C=O) groups excluding carboxylic acids is 1. The largest absolute Gasteiger partial charge is 0.341 e. The first-order valence-corrected chi connectivity index (χ1v) is 12.9. The van der Waals surface area contributed by atoms with Gasteiger partial charge in [0.2, 0.25) is 11.9 Å². The van der Waals surface area contributed by atoms with Crippen LogP contribution < -0.4 is 16.1 Å². The first-order chi connectivity index (χ1) is 17.7. The molecule has 0 bridgehead atoms. The zero-order chi connectivity index (χ0) is 26.4. The van der Waals surface area contributed by atoms with Gasteiger partial charge >= 0.3 is 5.69 Å². The summed E-state index contributed by atoms with van der Waals surface area (Å²) in [6, 6.07) is 4.44. The van der Waals surface area contributed by atoms with E-state index in [0.29, 0.717) is 32.1 Å². The molecule has 1 aromatic carbocycles. The summed E-state index contributed by atoms with van der Waals surface area (Å²) in [5, 5.41) is 0.233. The standard InChI is InChI=1S/C25H31ClFN7O3/c1-29-10-12-32(13-11-29)22(35)16-6-5-9-33(14-16)24-28-21-20(23(36)31(3)25(37)30(21)2)34(24)15-17-18(26)7-4-8-19(17)27/h4,7-8,16H,5-6,9-15H2,1-3H3. The Hall–Kier alpha value is -3.18. The molecule has 0 radical (unpaired) electrons. The van der Waals surface area contributed by atoms with Gasteiger partial charge in [-0.1, -0.05) is 17.7 Å². The van der Waals surface area contributed by atoms with Crippen molar-refractivity contribution in [2.24, 2.45) is 20.0 Å². The second-order valence-electron chi connectivity index (χ2n) is 9.99. The summed E-state index contributed by atoms with van der Waals surface area (Å²) in [6.07, 6.45) is 1.53. The molecule has 2 aliphatic rings. The molecular weight excluding hydrogens is 501 g/mol. The molecule has 5 rings (SSSR count). The molecule has 0 saturated carbocycles. The van der Waals surface area contributed by atoms with Gasteiger partial charge in [0, 0.05) is 63.9 Å². The number of aryl methyl sites for hydroxylation is 1. The number of halogens is 2. The number of carbonyl (C=O) groups is 1. The SMILES string of the molecule is CN1CCN(C(=O)C2CCCN(c3nc4c(c(=O)n(C)c(=O)n4C)n3Cc3c(F)cccc3Cl)C2)CC1. The van der Waals surface area contributed by atoms with E-state index in [1.54, 1.807) is 17.7 Å². The Labute approximate surface area is 218 Å². The molecule has 1 unspecified atom stereocenters. The minimum Gasteiger partial charge on any atom is -0.341 e. The van der Waals surface area contributed by atoms with Gasteiger partial charge in [-0.15, -0.1) is 0 Å². The quantitative estimate of drug-likeness (QED) is 0.504. The average molecular weight is 532 g/mol. The normalized spacial score (nSPS) is 19.1. The van der Waals surface area contributed by atoms with Crippen molar-refractivity contribution < 1.29 is 9.18 Å². The van der Waals surface area contributed by atoms with Crippen molar-refractivity contribution in [1.82, 2.24) is 28.5 Å². The highest BCUT2D eigenvalue weighted by atomic mass is 35.5. The molecule has 0 N–H and O–H groups in total. The van der Waals surface area contributed by atoms with Crippen LogP contribution in [0.3, 0.4) is 0 Å². The number of likely N-dealkylation sites (N-methyl/N-ethyl adjacent to an activating group) is 1. The first-order valence-electron chi connectivity index (χ1n) is 12.5. The molecule has 2 aromatic heterocycles. The third-order valence-electron chi connectivity index (χ3n) is 7.57.